The lowest BCUT2D eigenvalue weighted by Crippen LogP contribution is -2.57. The number of nitrogen functional groups attached to an aromatic ring is 1. The van der Waals surface area contributed by atoms with Gasteiger partial charge in [0, 0.05) is 37.2 Å². The van der Waals surface area contributed by atoms with E-state index < -0.39 is 17.8 Å². The van der Waals surface area contributed by atoms with Gasteiger partial charge in [0.1, 0.15) is 18.5 Å². The number of thiazole rings is 1. The predicted octanol–water partition coefficient (Wildman–Crippen LogP) is 3.91. The van der Waals surface area contributed by atoms with Crippen LogP contribution in [0.25, 0.3) is 15.1 Å². The molecule has 11 nitrogen and oxygen atoms in total. The number of hydrogen-bond donors (Lipinski definition) is 1. The van der Waals surface area contributed by atoms with Crippen molar-refractivity contribution in [2.75, 3.05) is 56.5 Å². The average Bonchev–Trinajstić information content (AvgIpc) is 3.72. The molecule has 2 aromatic heterocycles. The van der Waals surface area contributed by atoms with E-state index in [0.717, 1.165) is 53.0 Å². The Balaban J connectivity index is 1.22. The number of nitrogens with two attached hydrogens (primary N) is 1. The molecule has 1 unspecified atom stereocenters. The molecule has 7 rings (SSSR count). The van der Waals surface area contributed by atoms with Crippen LogP contribution in [0.15, 0.2) is 30.6 Å². The number of rotatable bonds is 7. The van der Waals surface area contributed by atoms with Crippen LogP contribution in [0.5, 0.6) is 6.01 Å². The normalized spacial score (nSPS) is 22.9. The van der Waals surface area contributed by atoms with E-state index >= 15 is 0 Å². The van der Waals surface area contributed by atoms with Gasteiger partial charge in [-0.2, -0.15) is 9.97 Å². The minimum Gasteiger partial charge on any atom is -0.461 e. The highest BCUT2D eigenvalue weighted by molar-refractivity contribution is 7.22. The summed E-state index contributed by atoms with van der Waals surface area (Å²) >= 11 is 1.45. The fraction of sp³-hybridized carbons (Fsp3) is 0.516. The van der Waals surface area contributed by atoms with Gasteiger partial charge in [-0.25, -0.2) is 15.9 Å². The maximum atomic E-state index is 13.8. The van der Waals surface area contributed by atoms with E-state index in [9.17, 15) is 9.18 Å². The van der Waals surface area contributed by atoms with Crippen molar-refractivity contribution < 1.29 is 18.7 Å². The molecule has 0 saturated carbocycles. The van der Waals surface area contributed by atoms with Crippen LogP contribution in [0.4, 0.5) is 15.3 Å². The van der Waals surface area contributed by atoms with Gasteiger partial charge in [-0.15, -0.1) is 0 Å². The number of nitrogens with zero attached hydrogens (tertiary/aromatic N) is 7. The summed E-state index contributed by atoms with van der Waals surface area (Å²) in [6.07, 6.45) is 4.78. The number of carbonyl (C=O) groups excluding carboxylic acids is 1. The van der Waals surface area contributed by atoms with Crippen LogP contribution < -0.4 is 15.4 Å². The Kier molecular flexibility index (Phi) is 7.60. The molecule has 2 N–H and O–H groups in total. The Hall–Kier alpha value is -3.86. The zero-order valence-electron chi connectivity index (χ0n) is 24.5. The number of benzene rings is 1. The van der Waals surface area contributed by atoms with Gasteiger partial charge in [-0.3, -0.25) is 9.69 Å². The van der Waals surface area contributed by atoms with Gasteiger partial charge in [-0.1, -0.05) is 30.0 Å². The Morgan fingerprint density at radius 2 is 2.05 bits per heavy atom. The molecule has 4 aliphatic heterocycles. The third kappa shape index (κ3) is 5.14. The molecule has 0 bridgehead atoms. The fourth-order valence-electron chi connectivity index (χ4n) is 7.40. The third-order valence-electron chi connectivity index (χ3n) is 9.53. The number of hydrogen-bond acceptors (Lipinski definition) is 10. The molecule has 1 aromatic carbocycles. The lowest BCUT2D eigenvalue weighted by Gasteiger charge is -2.40. The predicted molar refractivity (Wildman–Crippen MR) is 165 cm³/mol. The first kappa shape index (κ1) is 28.9. The molecule has 4 aliphatic rings. The number of amides is 1. The zero-order chi connectivity index (χ0) is 30.4. The molecule has 3 aromatic rings. The largest absolute Gasteiger partial charge is 0.461 e. The number of piperazine rings is 1. The van der Waals surface area contributed by atoms with E-state index in [0.29, 0.717) is 43.1 Å². The summed E-state index contributed by atoms with van der Waals surface area (Å²) < 4.78 is 27.7. The van der Waals surface area contributed by atoms with Crippen molar-refractivity contribution in [1.82, 2.24) is 24.8 Å². The van der Waals surface area contributed by atoms with Crippen LogP contribution in [0.2, 0.25) is 0 Å². The SMILES string of the molecule is [C-]#[N+]C[C@H]1CN(c2nc(OCC34CCCN3CCC4)nc3c2COC(c2cccc4sc(N)nc24)C3)CCN1C(=O)C(=C)F. The molecule has 44 heavy (non-hydrogen) atoms. The number of aromatic nitrogens is 3. The molecule has 0 aliphatic carbocycles. The summed E-state index contributed by atoms with van der Waals surface area (Å²) in [4.78, 5) is 36.5. The van der Waals surface area contributed by atoms with Gasteiger partial charge in [0.2, 0.25) is 6.54 Å². The standard InChI is InChI=1S/C31H35FN8O3S/c1-19(32)28(41)40-13-12-38(16-20(40)15-34-2)27-22-17-42-24(21-6-3-7-25-26(21)36-29(33)44-25)14-23(22)35-30(37-27)43-18-31-8-4-10-39(31)11-5-9-31/h3,6-7,20,24H,1,4-5,8-18H2,(H2,33,36)/t20-,24?/m0/s1. The molecule has 3 fully saturated rings. The summed E-state index contributed by atoms with van der Waals surface area (Å²) in [6.45, 7) is 14.7. The Bertz CT molecular complexity index is 1650. The number of halogens is 1. The Morgan fingerprint density at radius 1 is 1.23 bits per heavy atom. The maximum Gasteiger partial charge on any atom is 0.318 e. The van der Waals surface area contributed by atoms with E-state index in [4.69, 9.17) is 31.7 Å². The molecule has 3 saturated heterocycles. The lowest BCUT2D eigenvalue weighted by molar-refractivity contribution is -0.131. The molecule has 2 atom stereocenters. The molecule has 230 valence electrons. The van der Waals surface area contributed by atoms with E-state index in [-0.39, 0.29) is 31.3 Å². The monoisotopic (exact) mass is 618 g/mol. The van der Waals surface area contributed by atoms with Gasteiger partial charge >= 0.3 is 6.01 Å². The summed E-state index contributed by atoms with van der Waals surface area (Å²) in [6, 6.07) is 5.83. The number of para-hydroxylation sites is 1. The van der Waals surface area contributed by atoms with Crippen molar-refractivity contribution in [1.29, 1.82) is 0 Å². The van der Waals surface area contributed by atoms with Crippen molar-refractivity contribution in [2.45, 2.75) is 56.4 Å². The molecule has 1 amide bonds. The number of fused-ring (bicyclic) bond motifs is 3. The highest BCUT2D eigenvalue weighted by Gasteiger charge is 2.45. The molecule has 0 spiro atoms. The van der Waals surface area contributed by atoms with E-state index in [1.54, 1.807) is 0 Å². The van der Waals surface area contributed by atoms with Crippen LogP contribution in [-0.2, 0) is 22.6 Å². The van der Waals surface area contributed by atoms with Crippen molar-refractivity contribution >= 4 is 38.4 Å². The van der Waals surface area contributed by atoms with Gasteiger partial charge in [0.15, 0.2) is 11.0 Å². The quantitative estimate of drug-likeness (QED) is 0.311. The van der Waals surface area contributed by atoms with Crippen molar-refractivity contribution in [2.24, 2.45) is 0 Å². The van der Waals surface area contributed by atoms with Gasteiger partial charge < -0.3 is 29.9 Å². The van der Waals surface area contributed by atoms with Crippen LogP contribution in [0.3, 0.4) is 0 Å². The first-order chi connectivity index (χ1) is 21.3. The minimum absolute atomic E-state index is 0.0345. The van der Waals surface area contributed by atoms with Gasteiger partial charge in [-0.05, 0) is 44.8 Å². The second-order valence-electron chi connectivity index (χ2n) is 12.1. The summed E-state index contributed by atoms with van der Waals surface area (Å²) in [5, 5.41) is 0.513. The van der Waals surface area contributed by atoms with Crippen LogP contribution in [0.1, 0.15) is 48.6 Å². The highest BCUT2D eigenvalue weighted by atomic mass is 32.1. The number of carbonyl (C=O) groups is 1. The summed E-state index contributed by atoms with van der Waals surface area (Å²) in [5.74, 6) is -1.12. The minimum atomic E-state index is -1.02. The fourth-order valence-corrected chi connectivity index (χ4v) is 8.16. The van der Waals surface area contributed by atoms with Crippen LogP contribution in [-0.4, -0.2) is 88.1 Å². The Labute approximate surface area is 259 Å². The lowest BCUT2D eigenvalue weighted by atomic mass is 9.95. The molecular formula is C31H35FN8O3S. The zero-order valence-corrected chi connectivity index (χ0v) is 25.3. The van der Waals surface area contributed by atoms with Crippen molar-refractivity contribution in [3.8, 4) is 6.01 Å². The highest BCUT2D eigenvalue weighted by Crippen LogP contribution is 2.41. The summed E-state index contributed by atoms with van der Waals surface area (Å²) in [7, 11) is 0. The molecule has 6 heterocycles. The second-order valence-corrected chi connectivity index (χ2v) is 13.1. The molecule has 13 heteroatoms. The van der Waals surface area contributed by atoms with Gasteiger partial charge in [0.25, 0.3) is 5.91 Å². The van der Waals surface area contributed by atoms with Gasteiger partial charge in [0.05, 0.1) is 34.2 Å². The summed E-state index contributed by atoms with van der Waals surface area (Å²) in [5.41, 5.74) is 9.57. The Morgan fingerprint density at radius 3 is 2.82 bits per heavy atom. The van der Waals surface area contributed by atoms with Crippen LogP contribution >= 0.6 is 11.3 Å². The maximum absolute atomic E-state index is 13.8. The number of ether oxygens (including phenoxy) is 2. The average molecular weight is 619 g/mol. The van der Waals surface area contributed by atoms with Crippen molar-refractivity contribution in [3.63, 3.8) is 0 Å². The van der Waals surface area contributed by atoms with Crippen molar-refractivity contribution in [3.05, 3.63) is 58.8 Å². The molecular weight excluding hydrogens is 583 g/mol. The van der Waals surface area contributed by atoms with Crippen LogP contribution in [0, 0.1) is 6.57 Å². The van der Waals surface area contributed by atoms with E-state index in [2.05, 4.69) is 26.2 Å². The first-order valence-corrected chi connectivity index (χ1v) is 15.9. The molecule has 0 radical (unpaired) electrons. The third-order valence-corrected chi connectivity index (χ3v) is 10.4. The topological polar surface area (TPSA) is 114 Å². The first-order valence-electron chi connectivity index (χ1n) is 15.1. The van der Waals surface area contributed by atoms with E-state index in [1.807, 2.05) is 18.2 Å². The second kappa shape index (κ2) is 11.6. The smallest absolute Gasteiger partial charge is 0.318 e. The van der Waals surface area contributed by atoms with E-state index in [1.165, 1.54) is 29.1 Å². The number of anilines is 2.